The first-order valence-corrected chi connectivity index (χ1v) is 9.18. The van der Waals surface area contributed by atoms with Crippen LogP contribution in [0.1, 0.15) is 41.0 Å². The molecule has 19 heavy (non-hydrogen) atoms. The highest BCUT2D eigenvalue weighted by molar-refractivity contribution is 7.92. The molecule has 4 nitrogen and oxygen atoms in total. The lowest BCUT2D eigenvalue weighted by molar-refractivity contribution is 0.102. The van der Waals surface area contributed by atoms with Crippen LogP contribution in [0, 0.1) is 5.92 Å². The third-order valence-corrected chi connectivity index (χ3v) is 6.52. The quantitative estimate of drug-likeness (QED) is 0.806. The van der Waals surface area contributed by atoms with Crippen LogP contribution in [-0.2, 0) is 9.84 Å². The van der Waals surface area contributed by atoms with Crippen molar-refractivity contribution in [2.75, 3.05) is 25.4 Å². The van der Waals surface area contributed by atoms with E-state index in [0.717, 1.165) is 19.5 Å². The van der Waals surface area contributed by atoms with Crippen molar-refractivity contribution < 1.29 is 8.42 Å². The predicted octanol–water partition coefficient (Wildman–Crippen LogP) is 1.52. The van der Waals surface area contributed by atoms with Crippen LogP contribution in [0.5, 0.6) is 0 Å². The Hall–Kier alpha value is -0.130. The number of piperazine rings is 1. The highest BCUT2D eigenvalue weighted by Gasteiger charge is 2.30. The van der Waals surface area contributed by atoms with E-state index in [1.807, 2.05) is 0 Å². The highest BCUT2D eigenvalue weighted by Crippen LogP contribution is 2.18. The van der Waals surface area contributed by atoms with Crippen LogP contribution < -0.4 is 5.32 Å². The molecule has 1 rings (SSSR count). The standard InChI is InChI=1S/C14H30N2O2S/c1-6-12(4)14-9-15-13(5)10-16(14)7-8-19(17,18)11(2)3/h11-15H,6-10H2,1-5H3. The summed E-state index contributed by atoms with van der Waals surface area (Å²) >= 11 is 0. The van der Waals surface area contributed by atoms with Gasteiger partial charge in [-0.3, -0.25) is 4.90 Å². The molecule has 0 aromatic carbocycles. The van der Waals surface area contributed by atoms with Gasteiger partial charge < -0.3 is 5.32 Å². The summed E-state index contributed by atoms with van der Waals surface area (Å²) in [5.41, 5.74) is 0. The maximum absolute atomic E-state index is 12.0. The zero-order chi connectivity index (χ0) is 14.6. The maximum atomic E-state index is 12.0. The summed E-state index contributed by atoms with van der Waals surface area (Å²) in [7, 11) is -2.93. The lowest BCUT2D eigenvalue weighted by atomic mass is 9.95. The Balaban J connectivity index is 2.66. The fourth-order valence-electron chi connectivity index (χ4n) is 2.57. The molecule has 0 amide bonds. The van der Waals surface area contributed by atoms with E-state index >= 15 is 0 Å². The van der Waals surface area contributed by atoms with Crippen LogP contribution in [0.4, 0.5) is 0 Å². The SMILES string of the molecule is CCC(C)C1CNC(C)CN1CCS(=O)(=O)C(C)C. The Bertz CT molecular complexity index is 368. The summed E-state index contributed by atoms with van der Waals surface area (Å²) in [6, 6.07) is 0.908. The summed E-state index contributed by atoms with van der Waals surface area (Å²) in [5, 5.41) is 3.24. The maximum Gasteiger partial charge on any atom is 0.153 e. The number of hydrogen-bond donors (Lipinski definition) is 1. The molecule has 0 aromatic heterocycles. The molecule has 1 aliphatic heterocycles. The van der Waals surface area contributed by atoms with Gasteiger partial charge in [-0.2, -0.15) is 0 Å². The van der Waals surface area contributed by atoms with Gasteiger partial charge in [0.2, 0.25) is 0 Å². The minimum atomic E-state index is -2.93. The number of sulfone groups is 1. The first kappa shape index (κ1) is 16.9. The van der Waals surface area contributed by atoms with Gasteiger partial charge in [0.05, 0.1) is 11.0 Å². The molecule has 0 spiro atoms. The second-order valence-electron chi connectivity index (χ2n) is 6.17. The van der Waals surface area contributed by atoms with Gasteiger partial charge in [0, 0.05) is 31.7 Å². The highest BCUT2D eigenvalue weighted by atomic mass is 32.2. The molecule has 0 bridgehead atoms. The number of nitrogens with one attached hydrogen (secondary N) is 1. The van der Waals surface area contributed by atoms with E-state index in [2.05, 4.69) is 31.0 Å². The molecule has 0 radical (unpaired) electrons. The van der Waals surface area contributed by atoms with Crippen molar-refractivity contribution in [1.82, 2.24) is 10.2 Å². The van der Waals surface area contributed by atoms with Gasteiger partial charge in [-0.25, -0.2) is 8.42 Å². The normalized spacial score (nSPS) is 27.7. The van der Waals surface area contributed by atoms with Gasteiger partial charge in [0.25, 0.3) is 0 Å². The molecule has 1 aliphatic rings. The van der Waals surface area contributed by atoms with E-state index in [1.165, 1.54) is 0 Å². The van der Waals surface area contributed by atoms with Gasteiger partial charge in [0.1, 0.15) is 0 Å². The fourth-order valence-corrected chi connectivity index (χ4v) is 3.53. The molecule has 3 unspecified atom stereocenters. The molecule has 0 saturated carbocycles. The first-order valence-electron chi connectivity index (χ1n) is 7.47. The molecule has 1 heterocycles. The average molecular weight is 290 g/mol. The molecule has 0 aromatic rings. The molecular formula is C14H30N2O2S. The smallest absolute Gasteiger partial charge is 0.153 e. The Labute approximate surface area is 118 Å². The summed E-state index contributed by atoms with van der Waals surface area (Å²) < 4.78 is 23.9. The largest absolute Gasteiger partial charge is 0.311 e. The fraction of sp³-hybridized carbons (Fsp3) is 1.00. The summed E-state index contributed by atoms with van der Waals surface area (Å²) in [5.74, 6) is 0.881. The van der Waals surface area contributed by atoms with Crippen molar-refractivity contribution >= 4 is 9.84 Å². The topological polar surface area (TPSA) is 49.4 Å². The van der Waals surface area contributed by atoms with Crippen molar-refractivity contribution in [3.63, 3.8) is 0 Å². The monoisotopic (exact) mass is 290 g/mol. The van der Waals surface area contributed by atoms with E-state index < -0.39 is 9.84 Å². The van der Waals surface area contributed by atoms with Crippen molar-refractivity contribution in [1.29, 1.82) is 0 Å². The molecule has 1 saturated heterocycles. The Morgan fingerprint density at radius 3 is 2.47 bits per heavy atom. The molecule has 0 aliphatic carbocycles. The van der Waals surface area contributed by atoms with E-state index in [-0.39, 0.29) is 11.0 Å². The van der Waals surface area contributed by atoms with Crippen LogP contribution in [0.15, 0.2) is 0 Å². The van der Waals surface area contributed by atoms with Gasteiger partial charge >= 0.3 is 0 Å². The molecule has 114 valence electrons. The molecule has 3 atom stereocenters. The molecule has 5 heteroatoms. The van der Waals surface area contributed by atoms with Crippen LogP contribution in [-0.4, -0.2) is 56.0 Å². The minimum absolute atomic E-state index is 0.269. The van der Waals surface area contributed by atoms with Crippen molar-refractivity contribution in [2.45, 2.75) is 58.4 Å². The van der Waals surface area contributed by atoms with Gasteiger partial charge in [0.15, 0.2) is 9.84 Å². The third-order valence-electron chi connectivity index (χ3n) is 4.33. The molecular weight excluding hydrogens is 260 g/mol. The number of nitrogens with zero attached hydrogens (tertiary/aromatic N) is 1. The van der Waals surface area contributed by atoms with E-state index in [1.54, 1.807) is 13.8 Å². The second kappa shape index (κ2) is 7.04. The summed E-state index contributed by atoms with van der Waals surface area (Å²) in [6.07, 6.45) is 1.13. The lowest BCUT2D eigenvalue weighted by Crippen LogP contribution is -2.58. The van der Waals surface area contributed by atoms with Crippen molar-refractivity contribution in [3.8, 4) is 0 Å². The second-order valence-corrected chi connectivity index (χ2v) is 8.85. The first-order chi connectivity index (χ1) is 8.77. The lowest BCUT2D eigenvalue weighted by Gasteiger charge is -2.42. The van der Waals surface area contributed by atoms with Gasteiger partial charge in [-0.15, -0.1) is 0 Å². The Morgan fingerprint density at radius 1 is 1.32 bits per heavy atom. The van der Waals surface area contributed by atoms with E-state index in [9.17, 15) is 8.42 Å². The van der Waals surface area contributed by atoms with Gasteiger partial charge in [-0.05, 0) is 26.7 Å². The van der Waals surface area contributed by atoms with E-state index in [0.29, 0.717) is 24.5 Å². The van der Waals surface area contributed by atoms with Crippen LogP contribution in [0.3, 0.4) is 0 Å². The zero-order valence-corrected chi connectivity index (χ0v) is 13.8. The van der Waals surface area contributed by atoms with Crippen LogP contribution in [0.2, 0.25) is 0 Å². The average Bonchev–Trinajstić information content (AvgIpc) is 2.35. The zero-order valence-electron chi connectivity index (χ0n) is 13.0. The molecule has 1 fully saturated rings. The Kier molecular flexibility index (Phi) is 6.27. The van der Waals surface area contributed by atoms with Crippen molar-refractivity contribution in [3.05, 3.63) is 0 Å². The number of rotatable bonds is 6. The van der Waals surface area contributed by atoms with Crippen molar-refractivity contribution in [2.24, 2.45) is 5.92 Å². The minimum Gasteiger partial charge on any atom is -0.311 e. The number of hydrogen-bond acceptors (Lipinski definition) is 4. The predicted molar refractivity (Wildman–Crippen MR) is 81.2 cm³/mol. The van der Waals surface area contributed by atoms with Gasteiger partial charge in [-0.1, -0.05) is 20.3 Å². The van der Waals surface area contributed by atoms with Crippen LogP contribution >= 0.6 is 0 Å². The Morgan fingerprint density at radius 2 is 1.95 bits per heavy atom. The van der Waals surface area contributed by atoms with E-state index in [4.69, 9.17) is 0 Å². The third kappa shape index (κ3) is 4.72. The summed E-state index contributed by atoms with van der Waals surface area (Å²) in [6.45, 7) is 12.7. The molecule has 1 N–H and O–H groups in total. The van der Waals surface area contributed by atoms with Crippen LogP contribution in [0.25, 0.3) is 0 Å². The summed E-state index contributed by atoms with van der Waals surface area (Å²) in [4.78, 5) is 2.37.